The molecule has 0 bridgehead atoms. The molecule has 4 aromatic rings. The van der Waals surface area contributed by atoms with Crippen LogP contribution >= 0.6 is 46.5 Å². The number of halogens is 1. The predicted molar refractivity (Wildman–Crippen MR) is 123 cm³/mol. The van der Waals surface area contributed by atoms with Gasteiger partial charge < -0.3 is 9.73 Å². The number of nitrogens with zero attached hydrogens (tertiary/aromatic N) is 3. The summed E-state index contributed by atoms with van der Waals surface area (Å²) in [6.07, 6.45) is 2.04. The lowest BCUT2D eigenvalue weighted by Gasteiger charge is -2.00. The van der Waals surface area contributed by atoms with Crippen LogP contribution in [0.25, 0.3) is 22.7 Å². The Hall–Kier alpha value is -2.33. The van der Waals surface area contributed by atoms with Crippen molar-refractivity contribution in [1.29, 1.82) is 0 Å². The number of thiazole rings is 1. The second kappa shape index (κ2) is 9.65. The minimum Gasteiger partial charge on any atom is -0.411 e. The number of nitrogens with one attached hydrogen (secondary N) is 1. The maximum absolute atomic E-state index is 12.3. The van der Waals surface area contributed by atoms with Crippen molar-refractivity contribution in [3.63, 3.8) is 0 Å². The number of hydrogen-bond acceptors (Lipinski definition) is 8. The zero-order valence-corrected chi connectivity index (χ0v) is 18.9. The Morgan fingerprint density at radius 1 is 1.10 bits per heavy atom. The Morgan fingerprint density at radius 3 is 2.57 bits per heavy atom. The third-order valence-electron chi connectivity index (χ3n) is 3.96. The van der Waals surface area contributed by atoms with E-state index in [-0.39, 0.29) is 11.7 Å². The normalized spacial score (nSPS) is 10.9. The van der Waals surface area contributed by atoms with E-state index in [1.807, 2.05) is 23.8 Å². The molecule has 0 spiro atoms. The molecule has 152 valence electrons. The minimum absolute atomic E-state index is 0.138. The molecule has 0 saturated carbocycles. The molecule has 0 unspecified atom stereocenters. The van der Waals surface area contributed by atoms with Crippen molar-refractivity contribution in [3.8, 4) is 22.7 Å². The molecule has 0 atom stereocenters. The fraction of sp³-hybridized carbons (Fsp3) is 0.100. The number of aromatic nitrogens is 3. The molecule has 0 radical (unpaired) electrons. The average molecular weight is 475 g/mol. The molecule has 0 saturated heterocycles. The van der Waals surface area contributed by atoms with Gasteiger partial charge in [0.05, 0.1) is 11.4 Å². The van der Waals surface area contributed by atoms with E-state index in [0.29, 0.717) is 21.3 Å². The van der Waals surface area contributed by atoms with Gasteiger partial charge in [0.2, 0.25) is 11.8 Å². The monoisotopic (exact) mass is 474 g/mol. The van der Waals surface area contributed by atoms with Crippen LogP contribution in [-0.4, -0.2) is 33.1 Å². The fourth-order valence-electron chi connectivity index (χ4n) is 2.49. The van der Waals surface area contributed by atoms with E-state index in [1.165, 1.54) is 28.0 Å². The second-order valence-corrected chi connectivity index (χ2v) is 9.08. The maximum Gasteiger partial charge on any atom is 0.277 e. The smallest absolute Gasteiger partial charge is 0.277 e. The molecule has 10 heteroatoms. The number of rotatable bonds is 7. The van der Waals surface area contributed by atoms with Crippen LogP contribution in [0.4, 0.5) is 5.13 Å². The molecule has 0 aliphatic rings. The average Bonchev–Trinajstić information content (AvgIpc) is 3.43. The quantitative estimate of drug-likeness (QED) is 0.330. The molecule has 30 heavy (non-hydrogen) atoms. The Morgan fingerprint density at radius 2 is 1.83 bits per heavy atom. The van der Waals surface area contributed by atoms with Crippen LogP contribution in [0.15, 0.2) is 68.4 Å². The first-order valence-electron chi connectivity index (χ1n) is 8.73. The first-order chi connectivity index (χ1) is 14.6. The van der Waals surface area contributed by atoms with Crippen molar-refractivity contribution in [2.75, 3.05) is 17.3 Å². The molecule has 0 aliphatic carbocycles. The topological polar surface area (TPSA) is 80.9 Å². The Labute approximate surface area is 190 Å². The summed E-state index contributed by atoms with van der Waals surface area (Å²) in [5.74, 6) is 0.330. The van der Waals surface area contributed by atoms with E-state index in [9.17, 15) is 4.79 Å². The van der Waals surface area contributed by atoms with Gasteiger partial charge >= 0.3 is 0 Å². The molecule has 0 fully saturated rings. The SMILES string of the molecule is CSc1ccc(-c2csc(NC(=O)CSc3nnc(-c4ccc(Cl)cc4)o3)n2)cc1. The van der Waals surface area contributed by atoms with Gasteiger partial charge in [0, 0.05) is 26.4 Å². The van der Waals surface area contributed by atoms with Crippen LogP contribution in [0.2, 0.25) is 5.02 Å². The summed E-state index contributed by atoms with van der Waals surface area (Å²) >= 11 is 10.1. The largest absolute Gasteiger partial charge is 0.411 e. The first-order valence-corrected chi connectivity index (χ1v) is 12.2. The van der Waals surface area contributed by atoms with Crippen LogP contribution in [0, 0.1) is 0 Å². The fourth-order valence-corrected chi connectivity index (χ4v) is 4.32. The number of benzene rings is 2. The first kappa shape index (κ1) is 20.9. The number of carbonyl (C=O) groups is 1. The van der Waals surface area contributed by atoms with Gasteiger partial charge in [0.25, 0.3) is 5.22 Å². The maximum atomic E-state index is 12.3. The molecule has 6 nitrogen and oxygen atoms in total. The van der Waals surface area contributed by atoms with Crippen molar-refractivity contribution in [2.24, 2.45) is 0 Å². The summed E-state index contributed by atoms with van der Waals surface area (Å²) in [4.78, 5) is 17.9. The van der Waals surface area contributed by atoms with Crippen molar-refractivity contribution in [1.82, 2.24) is 15.2 Å². The van der Waals surface area contributed by atoms with Gasteiger partial charge in [-0.3, -0.25) is 4.79 Å². The minimum atomic E-state index is -0.190. The molecule has 1 N–H and O–H groups in total. The number of amides is 1. The summed E-state index contributed by atoms with van der Waals surface area (Å²) in [6.45, 7) is 0. The number of hydrogen-bond donors (Lipinski definition) is 1. The molecule has 1 amide bonds. The highest BCUT2D eigenvalue weighted by atomic mass is 35.5. The zero-order valence-electron chi connectivity index (χ0n) is 15.7. The van der Waals surface area contributed by atoms with Gasteiger partial charge in [0.15, 0.2) is 5.13 Å². The molecular weight excluding hydrogens is 460 g/mol. The Kier molecular flexibility index (Phi) is 6.73. The molecule has 2 heterocycles. The van der Waals surface area contributed by atoms with E-state index < -0.39 is 0 Å². The highest BCUT2D eigenvalue weighted by molar-refractivity contribution is 7.99. The molecule has 0 aliphatic heterocycles. The third kappa shape index (κ3) is 5.23. The van der Waals surface area contributed by atoms with Gasteiger partial charge in [-0.1, -0.05) is 35.5 Å². The Balaban J connectivity index is 1.32. The summed E-state index contributed by atoms with van der Waals surface area (Å²) < 4.78 is 5.59. The predicted octanol–water partition coefficient (Wildman–Crippen LogP) is 5.97. The van der Waals surface area contributed by atoms with Crippen LogP contribution in [0.1, 0.15) is 0 Å². The van der Waals surface area contributed by atoms with Gasteiger partial charge in [-0.05, 0) is 42.7 Å². The van der Waals surface area contributed by atoms with E-state index in [2.05, 4.69) is 32.6 Å². The van der Waals surface area contributed by atoms with Crippen molar-refractivity contribution in [3.05, 3.63) is 58.9 Å². The summed E-state index contributed by atoms with van der Waals surface area (Å²) in [6, 6.07) is 15.2. The summed E-state index contributed by atoms with van der Waals surface area (Å²) in [5.41, 5.74) is 2.61. The van der Waals surface area contributed by atoms with E-state index in [0.717, 1.165) is 16.8 Å². The van der Waals surface area contributed by atoms with Crippen LogP contribution in [0.3, 0.4) is 0 Å². The van der Waals surface area contributed by atoms with E-state index in [1.54, 1.807) is 36.0 Å². The Bertz CT molecular complexity index is 1140. The molecule has 2 aromatic heterocycles. The van der Waals surface area contributed by atoms with Crippen molar-refractivity contribution < 1.29 is 9.21 Å². The van der Waals surface area contributed by atoms with Crippen molar-refractivity contribution in [2.45, 2.75) is 10.1 Å². The van der Waals surface area contributed by atoms with Gasteiger partial charge in [-0.25, -0.2) is 4.98 Å². The lowest BCUT2D eigenvalue weighted by Crippen LogP contribution is -2.13. The lowest BCUT2D eigenvalue weighted by atomic mass is 10.2. The highest BCUT2D eigenvalue weighted by Crippen LogP contribution is 2.28. The highest BCUT2D eigenvalue weighted by Gasteiger charge is 2.13. The van der Waals surface area contributed by atoms with Gasteiger partial charge in [0.1, 0.15) is 0 Å². The standard InChI is InChI=1S/C20H15ClN4O2S3/c1-28-15-8-4-12(5-9-15)16-10-29-19(22-16)23-17(26)11-30-20-25-24-18(27-20)13-2-6-14(21)7-3-13/h2-10H,11H2,1H3,(H,22,23,26). The van der Waals surface area contributed by atoms with Gasteiger partial charge in [-0.2, -0.15) is 0 Å². The summed E-state index contributed by atoms with van der Waals surface area (Å²) in [5, 5.41) is 14.2. The van der Waals surface area contributed by atoms with E-state index in [4.69, 9.17) is 16.0 Å². The van der Waals surface area contributed by atoms with E-state index >= 15 is 0 Å². The number of carbonyl (C=O) groups excluding carboxylic acids is 1. The number of anilines is 1. The van der Waals surface area contributed by atoms with Crippen LogP contribution in [0.5, 0.6) is 0 Å². The van der Waals surface area contributed by atoms with Gasteiger partial charge in [-0.15, -0.1) is 33.3 Å². The second-order valence-electron chi connectivity index (χ2n) is 5.98. The third-order valence-corrected chi connectivity index (χ3v) is 6.53. The van der Waals surface area contributed by atoms with Crippen LogP contribution < -0.4 is 5.32 Å². The van der Waals surface area contributed by atoms with Crippen molar-refractivity contribution >= 4 is 57.5 Å². The molecular formula is C20H15ClN4O2S3. The summed E-state index contributed by atoms with van der Waals surface area (Å²) in [7, 11) is 0. The van der Waals surface area contributed by atoms with Crippen LogP contribution in [-0.2, 0) is 4.79 Å². The molecule has 2 aromatic carbocycles. The lowest BCUT2D eigenvalue weighted by molar-refractivity contribution is -0.113. The molecule has 4 rings (SSSR count). The zero-order chi connectivity index (χ0) is 20.9. The number of thioether (sulfide) groups is 2.